The minimum Gasteiger partial charge on any atom is -0.0622 e. The van der Waals surface area contributed by atoms with Crippen molar-refractivity contribution in [2.75, 3.05) is 0 Å². The van der Waals surface area contributed by atoms with Crippen LogP contribution in [0.3, 0.4) is 0 Å². The molecule has 0 heterocycles. The Morgan fingerprint density at radius 3 is 1.63 bits per heavy atom. The summed E-state index contributed by atoms with van der Waals surface area (Å²) in [6, 6.07) is 37.3. The van der Waals surface area contributed by atoms with Crippen molar-refractivity contribution in [2.24, 2.45) is 0 Å². The van der Waals surface area contributed by atoms with E-state index in [0.717, 1.165) is 27.6 Å². The molecule has 0 fully saturated rings. The maximum atomic E-state index is 3.42. The Morgan fingerprint density at radius 2 is 0.967 bits per heavy atom. The second-order valence-corrected chi connectivity index (χ2v) is 7.14. The molecule has 0 aliphatic carbocycles. The molecule has 0 aliphatic heterocycles. The molecular formula is C30H18. The summed E-state index contributed by atoms with van der Waals surface area (Å²) in [6.45, 7) is 0. The Hall–Kier alpha value is -4.26. The van der Waals surface area contributed by atoms with Gasteiger partial charge in [0.1, 0.15) is 0 Å². The van der Waals surface area contributed by atoms with Gasteiger partial charge >= 0.3 is 0 Å². The average molecular weight is 378 g/mol. The van der Waals surface area contributed by atoms with E-state index >= 15 is 0 Å². The molecule has 0 unspecified atom stereocenters. The number of hydrogen-bond donors (Lipinski definition) is 0. The van der Waals surface area contributed by atoms with E-state index < -0.39 is 0 Å². The van der Waals surface area contributed by atoms with Gasteiger partial charge in [-0.3, -0.25) is 0 Å². The van der Waals surface area contributed by atoms with Crippen molar-refractivity contribution in [1.29, 1.82) is 0 Å². The molecule has 138 valence electrons. The van der Waals surface area contributed by atoms with Crippen LogP contribution in [0.15, 0.2) is 109 Å². The molecule has 0 saturated heterocycles. The van der Waals surface area contributed by atoms with Gasteiger partial charge in [0.05, 0.1) is 0 Å². The summed E-state index contributed by atoms with van der Waals surface area (Å²) in [5, 5.41) is 4.75. The van der Waals surface area contributed by atoms with Gasteiger partial charge in [-0.2, -0.15) is 0 Å². The fourth-order valence-electron chi connectivity index (χ4n) is 3.57. The van der Waals surface area contributed by atoms with E-state index in [1.54, 1.807) is 0 Å². The van der Waals surface area contributed by atoms with E-state index in [9.17, 15) is 0 Å². The van der Waals surface area contributed by atoms with Gasteiger partial charge in [0.25, 0.3) is 0 Å². The monoisotopic (exact) mass is 378 g/mol. The van der Waals surface area contributed by atoms with Gasteiger partial charge in [-0.15, -0.1) is 0 Å². The third kappa shape index (κ3) is 3.68. The highest BCUT2D eigenvalue weighted by Gasteiger charge is 2.06. The SMILES string of the molecule is C(#Cc1ccc2cc3ccccc3cc2c1C#Cc1ccccc1)c1ccccc1. The van der Waals surface area contributed by atoms with E-state index in [-0.39, 0.29) is 0 Å². The topological polar surface area (TPSA) is 0 Å². The van der Waals surface area contributed by atoms with Gasteiger partial charge in [0, 0.05) is 22.3 Å². The molecule has 0 spiro atoms. The molecule has 5 rings (SSSR count). The highest BCUT2D eigenvalue weighted by Crippen LogP contribution is 2.27. The summed E-state index contributed by atoms with van der Waals surface area (Å²) >= 11 is 0. The summed E-state index contributed by atoms with van der Waals surface area (Å²) < 4.78 is 0. The van der Waals surface area contributed by atoms with E-state index in [1.165, 1.54) is 16.2 Å². The third-order valence-corrected chi connectivity index (χ3v) is 5.11. The molecule has 0 saturated carbocycles. The first-order valence-corrected chi connectivity index (χ1v) is 9.96. The van der Waals surface area contributed by atoms with Crippen molar-refractivity contribution in [3.63, 3.8) is 0 Å². The van der Waals surface area contributed by atoms with E-state index in [1.807, 2.05) is 60.7 Å². The molecule has 5 aromatic rings. The lowest BCUT2D eigenvalue weighted by molar-refractivity contribution is 1.62. The summed E-state index contributed by atoms with van der Waals surface area (Å²) in [5.41, 5.74) is 3.92. The average Bonchev–Trinajstić information content (AvgIpc) is 2.81. The standard InChI is InChI=1S/C30H18/c1-3-9-23(10-4-1)15-17-25-18-19-28-21-26-13-7-8-14-27(26)22-30(28)29(25)20-16-24-11-5-2-6-12-24/h1-14,18-19,21-22H. The van der Waals surface area contributed by atoms with Crippen LogP contribution in [0.2, 0.25) is 0 Å². The molecule has 0 aromatic heterocycles. The minimum atomic E-state index is 0.949. The molecule has 0 amide bonds. The van der Waals surface area contributed by atoms with Gasteiger partial charge in [0.15, 0.2) is 0 Å². The van der Waals surface area contributed by atoms with Gasteiger partial charge in [-0.25, -0.2) is 0 Å². The zero-order valence-electron chi connectivity index (χ0n) is 16.4. The lowest BCUT2D eigenvalue weighted by atomic mass is 9.96. The lowest BCUT2D eigenvalue weighted by Crippen LogP contribution is -1.88. The third-order valence-electron chi connectivity index (χ3n) is 5.11. The molecule has 0 radical (unpaired) electrons. The van der Waals surface area contributed by atoms with Crippen LogP contribution >= 0.6 is 0 Å². The normalized spacial score (nSPS) is 10.1. The minimum absolute atomic E-state index is 0.949. The summed E-state index contributed by atoms with van der Waals surface area (Å²) in [5.74, 6) is 13.4. The fraction of sp³-hybridized carbons (Fsp3) is 0. The quantitative estimate of drug-likeness (QED) is 0.205. The van der Waals surface area contributed by atoms with Crippen LogP contribution in [0.25, 0.3) is 21.5 Å². The highest BCUT2D eigenvalue weighted by atomic mass is 14.1. The van der Waals surface area contributed by atoms with Crippen molar-refractivity contribution in [1.82, 2.24) is 0 Å². The van der Waals surface area contributed by atoms with Crippen molar-refractivity contribution in [3.05, 3.63) is 131 Å². The van der Waals surface area contributed by atoms with Crippen LogP contribution in [-0.2, 0) is 0 Å². The first kappa shape index (κ1) is 17.8. The predicted molar refractivity (Wildman–Crippen MR) is 126 cm³/mol. The fourth-order valence-corrected chi connectivity index (χ4v) is 3.57. The Morgan fingerprint density at radius 1 is 0.400 bits per heavy atom. The van der Waals surface area contributed by atoms with Crippen molar-refractivity contribution in [3.8, 4) is 23.7 Å². The van der Waals surface area contributed by atoms with Crippen molar-refractivity contribution >= 4 is 21.5 Å². The number of hydrogen-bond acceptors (Lipinski definition) is 0. The zero-order chi connectivity index (χ0) is 20.2. The van der Waals surface area contributed by atoms with Gasteiger partial charge in [-0.1, -0.05) is 90.4 Å². The highest BCUT2D eigenvalue weighted by molar-refractivity contribution is 6.01. The van der Waals surface area contributed by atoms with Crippen LogP contribution in [-0.4, -0.2) is 0 Å². The van der Waals surface area contributed by atoms with Crippen LogP contribution in [0.5, 0.6) is 0 Å². The lowest BCUT2D eigenvalue weighted by Gasteiger charge is -2.07. The molecule has 5 aromatic carbocycles. The predicted octanol–water partition coefficient (Wildman–Crippen LogP) is 6.79. The van der Waals surface area contributed by atoms with Crippen LogP contribution < -0.4 is 0 Å². The molecule has 0 heteroatoms. The summed E-state index contributed by atoms with van der Waals surface area (Å²) in [6.07, 6.45) is 0. The van der Waals surface area contributed by atoms with Gasteiger partial charge in [-0.05, 0) is 64.0 Å². The molecule has 0 bridgehead atoms. The van der Waals surface area contributed by atoms with E-state index in [4.69, 9.17) is 0 Å². The molecule has 0 nitrogen and oxygen atoms in total. The molecule has 30 heavy (non-hydrogen) atoms. The smallest absolute Gasteiger partial charge is 0.0484 e. The Kier molecular flexibility index (Phi) is 4.75. The second-order valence-electron chi connectivity index (χ2n) is 7.14. The maximum absolute atomic E-state index is 3.42. The van der Waals surface area contributed by atoms with E-state index in [2.05, 4.69) is 72.2 Å². The Balaban J connectivity index is 1.73. The maximum Gasteiger partial charge on any atom is 0.0484 e. The largest absolute Gasteiger partial charge is 0.0622 e. The second kappa shape index (κ2) is 8.00. The van der Waals surface area contributed by atoms with Gasteiger partial charge in [0.2, 0.25) is 0 Å². The van der Waals surface area contributed by atoms with Crippen molar-refractivity contribution in [2.45, 2.75) is 0 Å². The number of fused-ring (bicyclic) bond motifs is 2. The molecular weight excluding hydrogens is 360 g/mol. The van der Waals surface area contributed by atoms with Crippen LogP contribution in [0.1, 0.15) is 22.3 Å². The zero-order valence-corrected chi connectivity index (χ0v) is 16.4. The Bertz CT molecular complexity index is 1470. The summed E-state index contributed by atoms with van der Waals surface area (Å²) in [7, 11) is 0. The Labute approximate surface area is 176 Å². The molecule has 0 aliphatic rings. The number of rotatable bonds is 0. The van der Waals surface area contributed by atoms with Crippen LogP contribution in [0, 0.1) is 23.7 Å². The number of benzene rings is 5. The van der Waals surface area contributed by atoms with Gasteiger partial charge < -0.3 is 0 Å². The first-order valence-electron chi connectivity index (χ1n) is 9.96. The molecule has 0 N–H and O–H groups in total. The van der Waals surface area contributed by atoms with Crippen LogP contribution in [0.4, 0.5) is 0 Å². The van der Waals surface area contributed by atoms with Crippen molar-refractivity contribution < 1.29 is 0 Å². The van der Waals surface area contributed by atoms with E-state index in [0.29, 0.717) is 0 Å². The first-order chi connectivity index (χ1) is 14.9. The summed E-state index contributed by atoms with van der Waals surface area (Å²) in [4.78, 5) is 0. The molecule has 0 atom stereocenters.